The summed E-state index contributed by atoms with van der Waals surface area (Å²) in [7, 11) is 2.18. The zero-order chi connectivity index (χ0) is 18.8. The first-order valence-corrected chi connectivity index (χ1v) is 9.97. The number of rotatable bonds is 7. The minimum Gasteiger partial charge on any atom is -0.450 e. The molecule has 2 fully saturated rings. The van der Waals surface area contributed by atoms with Crippen LogP contribution >= 0.6 is 0 Å². The van der Waals surface area contributed by atoms with Crippen LogP contribution in [0.15, 0.2) is 4.99 Å². The number of piperazine rings is 1. The van der Waals surface area contributed by atoms with E-state index in [1.165, 1.54) is 32.6 Å². The van der Waals surface area contributed by atoms with Gasteiger partial charge in [-0.25, -0.2) is 4.79 Å². The van der Waals surface area contributed by atoms with Gasteiger partial charge in [0.25, 0.3) is 0 Å². The average Bonchev–Trinajstić information content (AvgIpc) is 2.64. The number of ether oxygens (including phenoxy) is 1. The normalized spacial score (nSPS) is 21.0. The number of piperidine rings is 1. The Morgan fingerprint density at radius 2 is 1.85 bits per heavy atom. The maximum absolute atomic E-state index is 11.7. The first-order valence-electron chi connectivity index (χ1n) is 9.97. The Kier molecular flexibility index (Phi) is 8.97. The number of likely N-dealkylation sites (N-methyl/N-ethyl adjacent to an activating group) is 1. The Morgan fingerprint density at radius 1 is 1.15 bits per heavy atom. The number of guanidine groups is 1. The lowest BCUT2D eigenvalue weighted by Gasteiger charge is -2.32. The number of carbonyl (C=O) groups is 1. The van der Waals surface area contributed by atoms with E-state index in [-0.39, 0.29) is 12.1 Å². The summed E-state index contributed by atoms with van der Waals surface area (Å²) >= 11 is 0. The second-order valence-electron chi connectivity index (χ2n) is 7.22. The van der Waals surface area contributed by atoms with Crippen molar-refractivity contribution >= 4 is 12.1 Å². The molecule has 2 aliphatic heterocycles. The zero-order valence-corrected chi connectivity index (χ0v) is 16.5. The molecule has 0 aliphatic carbocycles. The first-order chi connectivity index (χ1) is 12.6. The van der Waals surface area contributed by atoms with Crippen molar-refractivity contribution in [2.75, 3.05) is 66.0 Å². The highest BCUT2D eigenvalue weighted by atomic mass is 16.6. The van der Waals surface area contributed by atoms with E-state index in [1.807, 2.05) is 6.92 Å². The summed E-state index contributed by atoms with van der Waals surface area (Å²) in [4.78, 5) is 22.8. The fourth-order valence-corrected chi connectivity index (χ4v) is 3.39. The minimum absolute atomic E-state index is 0.215. The number of nitrogens with two attached hydrogens (primary N) is 1. The van der Waals surface area contributed by atoms with Gasteiger partial charge in [0.15, 0.2) is 5.96 Å². The van der Waals surface area contributed by atoms with Crippen LogP contribution in [0.5, 0.6) is 0 Å². The molecule has 150 valence electrons. The van der Waals surface area contributed by atoms with E-state index in [2.05, 4.69) is 27.2 Å². The Bertz CT molecular complexity index is 443. The van der Waals surface area contributed by atoms with E-state index in [0.717, 1.165) is 32.4 Å². The van der Waals surface area contributed by atoms with Crippen LogP contribution in [0.4, 0.5) is 4.79 Å². The first kappa shape index (κ1) is 20.8. The number of amides is 1. The van der Waals surface area contributed by atoms with Crippen molar-refractivity contribution in [2.24, 2.45) is 10.7 Å². The summed E-state index contributed by atoms with van der Waals surface area (Å²) in [5.74, 6) is 0.527. The van der Waals surface area contributed by atoms with Crippen LogP contribution in [-0.2, 0) is 4.74 Å². The number of carbonyl (C=O) groups excluding carboxylic acids is 1. The molecule has 0 atom stereocenters. The lowest BCUT2D eigenvalue weighted by Crippen LogP contribution is -2.48. The summed E-state index contributed by atoms with van der Waals surface area (Å²) in [5.41, 5.74) is 6.00. The molecule has 0 aromatic heterocycles. The topological polar surface area (TPSA) is 86.4 Å². The lowest BCUT2D eigenvalue weighted by molar-refractivity contribution is 0.0963. The lowest BCUT2D eigenvalue weighted by atomic mass is 10.1. The smallest absolute Gasteiger partial charge is 0.409 e. The van der Waals surface area contributed by atoms with Gasteiger partial charge >= 0.3 is 6.09 Å². The molecule has 0 radical (unpaired) electrons. The number of likely N-dealkylation sites (tertiary alicyclic amines) is 1. The summed E-state index contributed by atoms with van der Waals surface area (Å²) in [6, 6.07) is 0.287. The molecule has 0 aromatic rings. The third-order valence-corrected chi connectivity index (χ3v) is 5.13. The molecule has 0 saturated carbocycles. The van der Waals surface area contributed by atoms with Gasteiger partial charge in [-0.15, -0.1) is 0 Å². The van der Waals surface area contributed by atoms with Gasteiger partial charge in [0.1, 0.15) is 0 Å². The summed E-state index contributed by atoms with van der Waals surface area (Å²) in [6.07, 6.45) is 3.76. The van der Waals surface area contributed by atoms with Gasteiger partial charge in [0.05, 0.1) is 6.61 Å². The highest BCUT2D eigenvalue weighted by Crippen LogP contribution is 2.11. The fraction of sp³-hybridized carbons (Fsp3) is 0.889. The number of unbranched alkanes of at least 4 members (excludes halogenated alkanes) is 1. The molecule has 1 amide bonds. The van der Waals surface area contributed by atoms with Crippen LogP contribution in [-0.4, -0.2) is 98.8 Å². The quantitative estimate of drug-likeness (QED) is 0.387. The monoisotopic (exact) mass is 368 g/mol. The summed E-state index contributed by atoms with van der Waals surface area (Å²) < 4.78 is 5.04. The molecule has 0 spiro atoms. The predicted octanol–water partition coefficient (Wildman–Crippen LogP) is 0.539. The average molecular weight is 369 g/mol. The van der Waals surface area contributed by atoms with Gasteiger partial charge in [-0.1, -0.05) is 0 Å². The standard InChI is InChI=1S/C18H36N6O2/c1-3-26-18(25)24-10-6-16(7-11-24)21-17(19)20-8-4-5-9-23-14-12-22(2)13-15-23/h16H,3-15H2,1-2H3,(H3,19,20,21). The third-order valence-electron chi connectivity index (χ3n) is 5.13. The van der Waals surface area contributed by atoms with E-state index >= 15 is 0 Å². The van der Waals surface area contributed by atoms with E-state index in [4.69, 9.17) is 10.5 Å². The molecule has 0 aromatic carbocycles. The van der Waals surface area contributed by atoms with Gasteiger partial charge in [-0.3, -0.25) is 4.99 Å². The number of hydrogen-bond donors (Lipinski definition) is 2. The van der Waals surface area contributed by atoms with Crippen molar-refractivity contribution in [3.63, 3.8) is 0 Å². The van der Waals surface area contributed by atoms with Crippen LogP contribution < -0.4 is 11.1 Å². The maximum atomic E-state index is 11.7. The minimum atomic E-state index is -0.215. The SMILES string of the molecule is CCOC(=O)N1CCC(NC(N)=NCCCCN2CCN(C)CC2)CC1. The number of nitrogens with one attached hydrogen (secondary N) is 1. The molecular formula is C18H36N6O2. The second kappa shape index (κ2) is 11.2. The van der Waals surface area contributed by atoms with Crippen molar-refractivity contribution in [1.29, 1.82) is 0 Å². The summed E-state index contributed by atoms with van der Waals surface area (Å²) in [6.45, 7) is 10.3. The van der Waals surface area contributed by atoms with Gasteiger partial charge in [-0.05, 0) is 46.2 Å². The van der Waals surface area contributed by atoms with Crippen molar-refractivity contribution in [3.8, 4) is 0 Å². The van der Waals surface area contributed by atoms with Crippen LogP contribution in [0.3, 0.4) is 0 Å². The zero-order valence-electron chi connectivity index (χ0n) is 16.5. The molecule has 8 heteroatoms. The molecule has 2 heterocycles. The summed E-state index contributed by atoms with van der Waals surface area (Å²) in [5, 5.41) is 3.29. The highest BCUT2D eigenvalue weighted by molar-refractivity contribution is 5.78. The molecular weight excluding hydrogens is 332 g/mol. The number of nitrogens with zero attached hydrogens (tertiary/aromatic N) is 4. The van der Waals surface area contributed by atoms with Crippen molar-refractivity contribution < 1.29 is 9.53 Å². The van der Waals surface area contributed by atoms with E-state index in [0.29, 0.717) is 25.7 Å². The highest BCUT2D eigenvalue weighted by Gasteiger charge is 2.23. The van der Waals surface area contributed by atoms with Crippen LogP contribution in [0, 0.1) is 0 Å². The van der Waals surface area contributed by atoms with Crippen LogP contribution in [0.25, 0.3) is 0 Å². The molecule has 2 rings (SSSR count). The molecule has 2 aliphatic rings. The van der Waals surface area contributed by atoms with Crippen molar-refractivity contribution in [1.82, 2.24) is 20.0 Å². The third kappa shape index (κ3) is 7.37. The molecule has 2 saturated heterocycles. The largest absolute Gasteiger partial charge is 0.450 e. The van der Waals surface area contributed by atoms with Crippen LogP contribution in [0.2, 0.25) is 0 Å². The second-order valence-corrected chi connectivity index (χ2v) is 7.22. The van der Waals surface area contributed by atoms with E-state index in [9.17, 15) is 4.79 Å². The van der Waals surface area contributed by atoms with Crippen molar-refractivity contribution in [3.05, 3.63) is 0 Å². The van der Waals surface area contributed by atoms with Crippen LogP contribution in [0.1, 0.15) is 32.6 Å². The molecule has 8 nitrogen and oxygen atoms in total. The number of hydrogen-bond acceptors (Lipinski definition) is 5. The van der Waals surface area contributed by atoms with Gasteiger partial charge in [0, 0.05) is 51.9 Å². The molecule has 3 N–H and O–H groups in total. The Labute approximate surface area is 157 Å². The van der Waals surface area contributed by atoms with Crippen molar-refractivity contribution in [2.45, 2.75) is 38.6 Å². The van der Waals surface area contributed by atoms with Gasteiger partial charge < -0.3 is 30.5 Å². The Balaban J connectivity index is 1.54. The Hall–Kier alpha value is -1.54. The number of aliphatic imine (C=N–C) groups is 1. The predicted molar refractivity (Wildman–Crippen MR) is 104 cm³/mol. The Morgan fingerprint density at radius 3 is 2.50 bits per heavy atom. The fourth-order valence-electron chi connectivity index (χ4n) is 3.39. The molecule has 0 unspecified atom stereocenters. The molecule has 0 bridgehead atoms. The maximum Gasteiger partial charge on any atom is 0.409 e. The van der Waals surface area contributed by atoms with Gasteiger partial charge in [0.2, 0.25) is 0 Å². The van der Waals surface area contributed by atoms with Gasteiger partial charge in [-0.2, -0.15) is 0 Å². The molecule has 26 heavy (non-hydrogen) atoms. The van der Waals surface area contributed by atoms with E-state index < -0.39 is 0 Å². The van der Waals surface area contributed by atoms with E-state index in [1.54, 1.807) is 4.90 Å².